The van der Waals surface area contributed by atoms with Gasteiger partial charge in [0.15, 0.2) is 9.84 Å². The van der Waals surface area contributed by atoms with Crippen molar-refractivity contribution in [1.82, 2.24) is 4.98 Å². The van der Waals surface area contributed by atoms with Crippen LogP contribution in [0.5, 0.6) is 0 Å². The molecule has 0 saturated heterocycles. The van der Waals surface area contributed by atoms with Gasteiger partial charge in [-0.05, 0) is 31.5 Å². The first-order valence-corrected chi connectivity index (χ1v) is 9.90. The van der Waals surface area contributed by atoms with Crippen molar-refractivity contribution in [2.24, 2.45) is 0 Å². The van der Waals surface area contributed by atoms with Crippen LogP contribution < -0.4 is 0 Å². The first kappa shape index (κ1) is 15.9. The lowest BCUT2D eigenvalue weighted by Crippen LogP contribution is -1.96. The zero-order valence-corrected chi connectivity index (χ0v) is 14.8. The van der Waals surface area contributed by atoms with E-state index in [1.165, 1.54) is 11.8 Å². The van der Waals surface area contributed by atoms with Gasteiger partial charge in [-0.1, -0.05) is 42.0 Å². The predicted molar refractivity (Wildman–Crippen MR) is 95.6 cm³/mol. The van der Waals surface area contributed by atoms with Crippen molar-refractivity contribution in [3.05, 3.63) is 59.1 Å². The largest absolute Gasteiger partial charge is 0.241 e. The molecule has 0 N–H and O–H groups in total. The Balaban J connectivity index is 2.09. The molecule has 0 spiro atoms. The fraction of sp³-hybridized carbons (Fsp3) is 0.167. The van der Waals surface area contributed by atoms with Gasteiger partial charge in [-0.2, -0.15) is 0 Å². The lowest BCUT2D eigenvalue weighted by Gasteiger charge is -2.05. The quantitative estimate of drug-likeness (QED) is 0.703. The zero-order chi connectivity index (χ0) is 16.6. The minimum Gasteiger partial charge on any atom is -0.241 e. The second-order valence-corrected chi connectivity index (χ2v) is 8.79. The van der Waals surface area contributed by atoms with Gasteiger partial charge in [0.1, 0.15) is 0 Å². The van der Waals surface area contributed by atoms with Crippen LogP contribution >= 0.6 is 11.3 Å². The Labute approximate surface area is 140 Å². The smallest absolute Gasteiger partial charge is 0.175 e. The molecule has 0 aliphatic rings. The Morgan fingerprint density at radius 2 is 1.43 bits per heavy atom. The summed E-state index contributed by atoms with van der Waals surface area (Å²) in [4.78, 5) is 6.07. The molecule has 0 radical (unpaired) electrons. The molecule has 3 rings (SSSR count). The summed E-state index contributed by atoms with van der Waals surface area (Å²) < 4.78 is 23.2. The number of thiazole rings is 1. The van der Waals surface area contributed by atoms with Crippen LogP contribution in [-0.4, -0.2) is 19.7 Å². The average molecular weight is 343 g/mol. The Hall–Kier alpha value is -1.98. The molecule has 0 amide bonds. The summed E-state index contributed by atoms with van der Waals surface area (Å²) in [5.74, 6) is 0. The van der Waals surface area contributed by atoms with E-state index in [4.69, 9.17) is 0 Å². The number of benzene rings is 2. The highest BCUT2D eigenvalue weighted by atomic mass is 32.2. The maximum Gasteiger partial charge on any atom is 0.175 e. The van der Waals surface area contributed by atoms with E-state index in [1.54, 1.807) is 23.5 Å². The molecule has 0 aliphatic heterocycles. The summed E-state index contributed by atoms with van der Waals surface area (Å²) in [5, 5.41) is 0.989. The van der Waals surface area contributed by atoms with Crippen LogP contribution in [0.15, 0.2) is 53.4 Å². The minimum atomic E-state index is -3.18. The molecular formula is C18H17NO2S2. The SMILES string of the molecule is Cc1ccc(-c2sc(C)nc2-c2ccc(S(C)(=O)=O)cc2)cc1. The summed E-state index contributed by atoms with van der Waals surface area (Å²) in [6.45, 7) is 4.04. The molecule has 0 fully saturated rings. The van der Waals surface area contributed by atoms with E-state index in [1.807, 2.05) is 19.1 Å². The highest BCUT2D eigenvalue weighted by molar-refractivity contribution is 7.90. The fourth-order valence-corrected chi connectivity index (χ4v) is 3.96. The highest BCUT2D eigenvalue weighted by Crippen LogP contribution is 2.36. The molecule has 0 aliphatic carbocycles. The van der Waals surface area contributed by atoms with Crippen molar-refractivity contribution in [3.63, 3.8) is 0 Å². The summed E-state index contributed by atoms with van der Waals surface area (Å²) in [6.07, 6.45) is 1.22. The van der Waals surface area contributed by atoms with Crippen molar-refractivity contribution in [2.45, 2.75) is 18.7 Å². The predicted octanol–water partition coefficient (Wildman–Crippen LogP) is 4.50. The van der Waals surface area contributed by atoms with Crippen LogP contribution in [0.25, 0.3) is 21.7 Å². The Bertz CT molecular complexity index is 938. The number of aryl methyl sites for hydroxylation is 2. The van der Waals surface area contributed by atoms with Crippen molar-refractivity contribution < 1.29 is 8.42 Å². The number of nitrogens with zero attached hydrogens (tertiary/aromatic N) is 1. The molecule has 2 aromatic carbocycles. The maximum absolute atomic E-state index is 11.6. The molecule has 0 bridgehead atoms. The first-order valence-electron chi connectivity index (χ1n) is 7.19. The third-order valence-corrected chi connectivity index (χ3v) is 5.75. The maximum atomic E-state index is 11.6. The van der Waals surface area contributed by atoms with Crippen LogP contribution in [0.2, 0.25) is 0 Å². The lowest BCUT2D eigenvalue weighted by molar-refractivity contribution is 0.602. The monoisotopic (exact) mass is 343 g/mol. The summed E-state index contributed by atoms with van der Waals surface area (Å²) in [7, 11) is -3.18. The van der Waals surface area contributed by atoms with Crippen molar-refractivity contribution in [2.75, 3.05) is 6.26 Å². The average Bonchev–Trinajstić information content (AvgIpc) is 2.89. The van der Waals surface area contributed by atoms with E-state index in [-0.39, 0.29) is 0 Å². The summed E-state index contributed by atoms with van der Waals surface area (Å²) in [6, 6.07) is 15.3. The van der Waals surface area contributed by atoms with Gasteiger partial charge in [0.25, 0.3) is 0 Å². The van der Waals surface area contributed by atoms with E-state index in [2.05, 4.69) is 36.2 Å². The van der Waals surface area contributed by atoms with Gasteiger partial charge in [-0.25, -0.2) is 13.4 Å². The van der Waals surface area contributed by atoms with E-state index in [9.17, 15) is 8.42 Å². The fourth-order valence-electron chi connectivity index (χ4n) is 2.38. The second-order valence-electron chi connectivity index (χ2n) is 5.57. The summed E-state index contributed by atoms with van der Waals surface area (Å²) in [5.41, 5.74) is 4.17. The number of sulfone groups is 1. The van der Waals surface area contributed by atoms with Crippen molar-refractivity contribution in [1.29, 1.82) is 0 Å². The second kappa shape index (κ2) is 5.91. The van der Waals surface area contributed by atoms with Gasteiger partial charge in [-0.3, -0.25) is 0 Å². The third-order valence-electron chi connectivity index (χ3n) is 3.60. The standard InChI is InChI=1S/C18H17NO2S2/c1-12-4-6-15(7-5-12)18-17(19-13(2)22-18)14-8-10-16(11-9-14)23(3,20)21/h4-11H,1-3H3. The van der Waals surface area contributed by atoms with Crippen LogP contribution in [0, 0.1) is 13.8 Å². The highest BCUT2D eigenvalue weighted by Gasteiger charge is 2.14. The van der Waals surface area contributed by atoms with Crippen LogP contribution in [0.3, 0.4) is 0 Å². The van der Waals surface area contributed by atoms with E-state index < -0.39 is 9.84 Å². The van der Waals surface area contributed by atoms with Gasteiger partial charge in [0.2, 0.25) is 0 Å². The van der Waals surface area contributed by atoms with Gasteiger partial charge in [-0.15, -0.1) is 11.3 Å². The molecule has 23 heavy (non-hydrogen) atoms. The number of aromatic nitrogens is 1. The third kappa shape index (κ3) is 3.35. The van der Waals surface area contributed by atoms with Gasteiger partial charge >= 0.3 is 0 Å². The van der Waals surface area contributed by atoms with Gasteiger partial charge in [0.05, 0.1) is 20.5 Å². The molecule has 118 valence electrons. The molecule has 1 aromatic heterocycles. The van der Waals surface area contributed by atoms with Crippen LogP contribution in [-0.2, 0) is 9.84 Å². The van der Waals surface area contributed by atoms with Crippen LogP contribution in [0.4, 0.5) is 0 Å². The van der Waals surface area contributed by atoms with Crippen molar-refractivity contribution in [3.8, 4) is 21.7 Å². The van der Waals surface area contributed by atoms with E-state index in [0.717, 1.165) is 26.7 Å². The molecule has 3 nitrogen and oxygen atoms in total. The van der Waals surface area contributed by atoms with Gasteiger partial charge in [0, 0.05) is 11.8 Å². The summed E-state index contributed by atoms with van der Waals surface area (Å²) >= 11 is 1.65. The minimum absolute atomic E-state index is 0.324. The number of hydrogen-bond donors (Lipinski definition) is 0. The molecule has 5 heteroatoms. The number of rotatable bonds is 3. The zero-order valence-electron chi connectivity index (χ0n) is 13.2. The molecule has 3 aromatic rings. The molecular weight excluding hydrogens is 326 g/mol. The molecule has 0 unspecified atom stereocenters. The van der Waals surface area contributed by atoms with E-state index in [0.29, 0.717) is 4.90 Å². The Kier molecular flexibility index (Phi) is 4.08. The lowest BCUT2D eigenvalue weighted by atomic mass is 10.1. The molecule has 0 atom stereocenters. The number of hydrogen-bond acceptors (Lipinski definition) is 4. The first-order chi connectivity index (χ1) is 10.8. The van der Waals surface area contributed by atoms with Crippen molar-refractivity contribution >= 4 is 21.2 Å². The Morgan fingerprint density at radius 1 is 0.870 bits per heavy atom. The Morgan fingerprint density at radius 3 is 2.00 bits per heavy atom. The van der Waals surface area contributed by atoms with Gasteiger partial charge < -0.3 is 0 Å². The topological polar surface area (TPSA) is 47.0 Å². The van der Waals surface area contributed by atoms with Crippen LogP contribution in [0.1, 0.15) is 10.6 Å². The van der Waals surface area contributed by atoms with E-state index >= 15 is 0 Å². The normalized spacial score (nSPS) is 11.6. The molecule has 1 heterocycles. The molecule has 0 saturated carbocycles.